The van der Waals surface area contributed by atoms with Gasteiger partial charge in [0, 0.05) is 48.6 Å². The standard InChI is InChI=1S/C16H18ClFN2O2/c1-10-4-14(22-19-10)6-12-8-20(9-16(12)21)7-11-5-13(17)2-3-15(11)18/h2-5,12,16,21H,6-9H2,1H3/t12-,16-/m1/s1. The molecule has 0 aliphatic carbocycles. The minimum Gasteiger partial charge on any atom is -0.391 e. The first kappa shape index (κ1) is 15.5. The molecule has 22 heavy (non-hydrogen) atoms. The van der Waals surface area contributed by atoms with Gasteiger partial charge in [-0.05, 0) is 25.1 Å². The number of aryl methyl sites for hydroxylation is 1. The van der Waals surface area contributed by atoms with Gasteiger partial charge in [-0.1, -0.05) is 16.8 Å². The number of likely N-dealkylation sites (tertiary alicyclic amines) is 1. The highest BCUT2D eigenvalue weighted by atomic mass is 35.5. The molecule has 0 spiro atoms. The molecule has 2 atom stereocenters. The number of nitrogens with zero attached hydrogens (tertiary/aromatic N) is 2. The highest BCUT2D eigenvalue weighted by Crippen LogP contribution is 2.25. The summed E-state index contributed by atoms with van der Waals surface area (Å²) < 4.78 is 19.0. The molecular formula is C16H18ClFN2O2. The minimum absolute atomic E-state index is 0.0644. The van der Waals surface area contributed by atoms with Gasteiger partial charge in [0.25, 0.3) is 0 Å². The SMILES string of the molecule is Cc1cc(C[C@@H]2CN(Cc3cc(Cl)ccc3F)C[C@H]2O)on1. The fourth-order valence-corrected chi connectivity index (χ4v) is 3.14. The third kappa shape index (κ3) is 3.48. The van der Waals surface area contributed by atoms with Crippen molar-refractivity contribution in [3.8, 4) is 0 Å². The van der Waals surface area contributed by atoms with Gasteiger partial charge in [-0.15, -0.1) is 0 Å². The zero-order chi connectivity index (χ0) is 15.7. The van der Waals surface area contributed by atoms with E-state index >= 15 is 0 Å². The molecule has 0 saturated carbocycles. The van der Waals surface area contributed by atoms with Crippen molar-refractivity contribution in [3.05, 3.63) is 52.1 Å². The molecule has 0 unspecified atom stereocenters. The molecule has 1 aromatic carbocycles. The fourth-order valence-electron chi connectivity index (χ4n) is 2.95. The fraction of sp³-hybridized carbons (Fsp3) is 0.438. The molecule has 118 valence electrons. The average Bonchev–Trinajstić information content (AvgIpc) is 3.01. The van der Waals surface area contributed by atoms with E-state index in [0.717, 1.165) is 11.5 Å². The summed E-state index contributed by atoms with van der Waals surface area (Å²) in [6, 6.07) is 6.43. The van der Waals surface area contributed by atoms with Crippen LogP contribution in [0.4, 0.5) is 4.39 Å². The van der Waals surface area contributed by atoms with Gasteiger partial charge in [-0.3, -0.25) is 4.90 Å². The first-order chi connectivity index (χ1) is 10.5. The maximum absolute atomic E-state index is 13.8. The van der Waals surface area contributed by atoms with Gasteiger partial charge < -0.3 is 9.63 Å². The van der Waals surface area contributed by atoms with Crippen molar-refractivity contribution in [2.45, 2.75) is 26.0 Å². The van der Waals surface area contributed by atoms with Crippen molar-refractivity contribution >= 4 is 11.6 Å². The number of hydrogen-bond acceptors (Lipinski definition) is 4. The zero-order valence-electron chi connectivity index (χ0n) is 12.3. The number of benzene rings is 1. The molecule has 1 aliphatic heterocycles. The van der Waals surface area contributed by atoms with Gasteiger partial charge in [0.1, 0.15) is 11.6 Å². The van der Waals surface area contributed by atoms with Crippen molar-refractivity contribution in [1.82, 2.24) is 10.1 Å². The van der Waals surface area contributed by atoms with Crippen LogP contribution in [0, 0.1) is 18.7 Å². The minimum atomic E-state index is -0.451. The van der Waals surface area contributed by atoms with Crippen LogP contribution in [0.1, 0.15) is 17.0 Å². The topological polar surface area (TPSA) is 49.5 Å². The molecule has 3 rings (SSSR count). The summed E-state index contributed by atoms with van der Waals surface area (Å²) in [4.78, 5) is 2.04. The quantitative estimate of drug-likeness (QED) is 0.939. The number of aromatic nitrogens is 1. The first-order valence-electron chi connectivity index (χ1n) is 7.28. The number of aliphatic hydroxyl groups excluding tert-OH is 1. The van der Waals surface area contributed by atoms with Crippen LogP contribution in [0.2, 0.25) is 5.02 Å². The van der Waals surface area contributed by atoms with Gasteiger partial charge in [-0.25, -0.2) is 4.39 Å². The Kier molecular flexibility index (Phi) is 4.47. The third-order valence-corrected chi connectivity index (χ3v) is 4.26. The lowest BCUT2D eigenvalue weighted by Crippen LogP contribution is -2.22. The van der Waals surface area contributed by atoms with Crippen LogP contribution >= 0.6 is 11.6 Å². The second-order valence-corrected chi connectivity index (χ2v) is 6.33. The lowest BCUT2D eigenvalue weighted by molar-refractivity contribution is 0.137. The highest BCUT2D eigenvalue weighted by Gasteiger charge is 2.32. The second kappa shape index (κ2) is 6.36. The van der Waals surface area contributed by atoms with Gasteiger partial charge >= 0.3 is 0 Å². The van der Waals surface area contributed by atoms with Crippen LogP contribution in [0.15, 0.2) is 28.8 Å². The predicted octanol–water partition coefficient (Wildman–Crippen LogP) is 2.81. The Hall–Kier alpha value is -1.43. The van der Waals surface area contributed by atoms with Crippen LogP contribution in [0.25, 0.3) is 0 Å². The number of β-amino-alcohol motifs (C(OH)–C–C–N with tert-alkyl or cyclic N) is 1. The van der Waals surface area contributed by atoms with E-state index in [1.807, 2.05) is 17.9 Å². The summed E-state index contributed by atoms with van der Waals surface area (Å²) in [5.41, 5.74) is 1.39. The zero-order valence-corrected chi connectivity index (χ0v) is 13.1. The number of rotatable bonds is 4. The molecule has 0 amide bonds. The normalized spacial score (nSPS) is 22.4. The predicted molar refractivity (Wildman–Crippen MR) is 81.1 cm³/mol. The van der Waals surface area contributed by atoms with E-state index in [1.165, 1.54) is 12.1 Å². The summed E-state index contributed by atoms with van der Waals surface area (Å²) >= 11 is 5.92. The largest absolute Gasteiger partial charge is 0.391 e. The van der Waals surface area contributed by atoms with Crippen molar-refractivity contribution in [2.75, 3.05) is 13.1 Å². The maximum atomic E-state index is 13.8. The van der Waals surface area contributed by atoms with Crippen molar-refractivity contribution < 1.29 is 14.0 Å². The van der Waals surface area contributed by atoms with Crippen LogP contribution in [-0.4, -0.2) is 34.4 Å². The van der Waals surface area contributed by atoms with Gasteiger partial charge in [0.05, 0.1) is 11.8 Å². The van der Waals surface area contributed by atoms with Gasteiger partial charge in [-0.2, -0.15) is 0 Å². The van der Waals surface area contributed by atoms with E-state index in [2.05, 4.69) is 5.16 Å². The molecule has 1 N–H and O–H groups in total. The molecule has 0 bridgehead atoms. The molecule has 2 heterocycles. The maximum Gasteiger partial charge on any atom is 0.137 e. The van der Waals surface area contributed by atoms with Crippen LogP contribution in [0.5, 0.6) is 0 Å². The second-order valence-electron chi connectivity index (χ2n) is 5.90. The monoisotopic (exact) mass is 324 g/mol. The van der Waals surface area contributed by atoms with E-state index in [1.54, 1.807) is 6.07 Å². The van der Waals surface area contributed by atoms with Crippen molar-refractivity contribution in [2.24, 2.45) is 5.92 Å². The molecule has 4 nitrogen and oxygen atoms in total. The molecule has 2 aromatic rings. The van der Waals surface area contributed by atoms with Crippen molar-refractivity contribution in [3.63, 3.8) is 0 Å². The van der Waals surface area contributed by atoms with E-state index in [4.69, 9.17) is 16.1 Å². The Morgan fingerprint density at radius 1 is 1.41 bits per heavy atom. The Balaban J connectivity index is 1.64. The molecule has 1 aliphatic rings. The lowest BCUT2D eigenvalue weighted by atomic mass is 10.0. The van der Waals surface area contributed by atoms with Crippen molar-refractivity contribution in [1.29, 1.82) is 0 Å². The number of aliphatic hydroxyl groups is 1. The first-order valence-corrected chi connectivity index (χ1v) is 7.65. The Bertz CT molecular complexity index is 661. The lowest BCUT2D eigenvalue weighted by Gasteiger charge is -2.16. The molecule has 6 heteroatoms. The molecular weight excluding hydrogens is 307 g/mol. The number of hydrogen-bond donors (Lipinski definition) is 1. The Labute approximate surface area is 133 Å². The summed E-state index contributed by atoms with van der Waals surface area (Å²) in [5.74, 6) is 0.570. The van der Waals surface area contributed by atoms with Gasteiger partial charge in [0.15, 0.2) is 0 Å². The summed E-state index contributed by atoms with van der Waals surface area (Å²) in [7, 11) is 0. The number of halogens is 2. The summed E-state index contributed by atoms with van der Waals surface area (Å²) in [6.07, 6.45) is 0.184. The molecule has 1 saturated heterocycles. The highest BCUT2D eigenvalue weighted by molar-refractivity contribution is 6.30. The molecule has 1 aromatic heterocycles. The average molecular weight is 325 g/mol. The molecule has 1 fully saturated rings. The Morgan fingerprint density at radius 2 is 2.23 bits per heavy atom. The van der Waals surface area contributed by atoms with E-state index in [9.17, 15) is 9.50 Å². The van der Waals surface area contributed by atoms with E-state index in [-0.39, 0.29) is 11.7 Å². The summed E-state index contributed by atoms with van der Waals surface area (Å²) in [6.45, 7) is 3.51. The van der Waals surface area contributed by atoms with Crippen LogP contribution in [0.3, 0.4) is 0 Å². The van der Waals surface area contributed by atoms with Crippen LogP contribution < -0.4 is 0 Å². The molecule has 0 radical (unpaired) electrons. The Morgan fingerprint density at radius 3 is 2.95 bits per heavy atom. The summed E-state index contributed by atoms with van der Waals surface area (Å²) in [5, 5.41) is 14.6. The van der Waals surface area contributed by atoms with E-state index < -0.39 is 6.10 Å². The van der Waals surface area contributed by atoms with Crippen LogP contribution in [-0.2, 0) is 13.0 Å². The van der Waals surface area contributed by atoms with Gasteiger partial charge in [0.2, 0.25) is 0 Å². The third-order valence-electron chi connectivity index (χ3n) is 4.02. The van der Waals surface area contributed by atoms with E-state index in [0.29, 0.717) is 36.6 Å². The smallest absolute Gasteiger partial charge is 0.137 e.